The second-order valence-electron chi connectivity index (χ2n) is 3.71. The maximum atomic E-state index is 12.1. The van der Waals surface area contributed by atoms with Gasteiger partial charge in [-0.05, 0) is 24.6 Å². The van der Waals surface area contributed by atoms with E-state index in [1.165, 1.54) is 18.2 Å². The Hall–Kier alpha value is -0.730. The molecule has 3 nitrogen and oxygen atoms in total. The Morgan fingerprint density at radius 1 is 1.39 bits per heavy atom. The van der Waals surface area contributed by atoms with Crippen LogP contribution in [-0.4, -0.2) is 14.5 Å². The van der Waals surface area contributed by atoms with Crippen LogP contribution < -0.4 is 4.72 Å². The summed E-state index contributed by atoms with van der Waals surface area (Å²) in [6.07, 6.45) is 6.14. The molecule has 1 N–H and O–H groups in total. The van der Waals surface area contributed by atoms with E-state index in [9.17, 15) is 8.42 Å². The molecular formula is C12H13Cl2NO2S. The van der Waals surface area contributed by atoms with E-state index >= 15 is 0 Å². The van der Waals surface area contributed by atoms with Crippen molar-refractivity contribution < 1.29 is 8.42 Å². The van der Waals surface area contributed by atoms with Crippen molar-refractivity contribution in [3.8, 4) is 12.3 Å². The zero-order valence-corrected chi connectivity index (χ0v) is 12.1. The van der Waals surface area contributed by atoms with Crippen molar-refractivity contribution in [2.45, 2.75) is 30.7 Å². The maximum Gasteiger partial charge on any atom is 0.240 e. The number of benzene rings is 1. The average molecular weight is 306 g/mol. The van der Waals surface area contributed by atoms with Gasteiger partial charge in [0.1, 0.15) is 0 Å². The van der Waals surface area contributed by atoms with Crippen molar-refractivity contribution in [2.24, 2.45) is 0 Å². The quantitative estimate of drug-likeness (QED) is 0.850. The zero-order chi connectivity index (χ0) is 13.8. The fraction of sp³-hybridized carbons (Fsp3) is 0.333. The van der Waals surface area contributed by atoms with Crippen LogP contribution in [-0.2, 0) is 10.0 Å². The van der Waals surface area contributed by atoms with Gasteiger partial charge in [-0.25, -0.2) is 13.1 Å². The van der Waals surface area contributed by atoms with Gasteiger partial charge in [0.15, 0.2) is 0 Å². The minimum atomic E-state index is -3.62. The van der Waals surface area contributed by atoms with Crippen LogP contribution in [0.25, 0.3) is 0 Å². The van der Waals surface area contributed by atoms with Gasteiger partial charge in [-0.2, -0.15) is 0 Å². The average Bonchev–Trinajstić information content (AvgIpc) is 2.31. The van der Waals surface area contributed by atoms with Gasteiger partial charge in [0.2, 0.25) is 10.0 Å². The van der Waals surface area contributed by atoms with Crippen LogP contribution >= 0.6 is 23.2 Å². The predicted octanol–water partition coefficient (Wildman–Crippen LogP) is 3.07. The molecule has 0 spiro atoms. The van der Waals surface area contributed by atoms with Gasteiger partial charge in [-0.1, -0.05) is 30.1 Å². The van der Waals surface area contributed by atoms with E-state index in [1.807, 2.05) is 6.92 Å². The summed E-state index contributed by atoms with van der Waals surface area (Å²) < 4.78 is 26.7. The van der Waals surface area contributed by atoms with Gasteiger partial charge in [0.25, 0.3) is 0 Å². The molecule has 1 aromatic carbocycles. The Bertz CT molecular complexity index is 564. The molecule has 98 valence electrons. The summed E-state index contributed by atoms with van der Waals surface area (Å²) in [7, 11) is -3.62. The number of halogens is 2. The highest BCUT2D eigenvalue weighted by Crippen LogP contribution is 2.24. The van der Waals surface area contributed by atoms with E-state index in [1.54, 1.807) is 0 Å². The molecule has 6 heteroatoms. The molecule has 18 heavy (non-hydrogen) atoms. The van der Waals surface area contributed by atoms with Crippen LogP contribution in [0.2, 0.25) is 10.0 Å². The molecule has 0 aliphatic carbocycles. The highest BCUT2D eigenvalue weighted by molar-refractivity contribution is 7.89. The summed E-state index contributed by atoms with van der Waals surface area (Å²) in [5.74, 6) is 2.44. The Labute approximate surface area is 118 Å². The zero-order valence-electron chi connectivity index (χ0n) is 9.78. The molecule has 0 aliphatic rings. The molecule has 0 aliphatic heterocycles. The minimum absolute atomic E-state index is 0.0763. The van der Waals surface area contributed by atoms with Crippen LogP contribution in [0.1, 0.15) is 19.8 Å². The molecule has 0 saturated heterocycles. The van der Waals surface area contributed by atoms with Gasteiger partial charge in [0.05, 0.1) is 14.9 Å². The summed E-state index contributed by atoms with van der Waals surface area (Å²) in [5.41, 5.74) is 0. The third kappa shape index (κ3) is 3.89. The van der Waals surface area contributed by atoms with Crippen molar-refractivity contribution in [2.75, 3.05) is 0 Å². The normalized spacial score (nSPS) is 13.0. The van der Waals surface area contributed by atoms with Crippen LogP contribution in [0.4, 0.5) is 0 Å². The van der Waals surface area contributed by atoms with Gasteiger partial charge in [-0.15, -0.1) is 12.3 Å². The first-order chi connectivity index (χ1) is 8.40. The first kappa shape index (κ1) is 15.3. The van der Waals surface area contributed by atoms with Crippen LogP contribution in [0, 0.1) is 12.3 Å². The molecule has 1 unspecified atom stereocenters. The predicted molar refractivity (Wildman–Crippen MR) is 74.3 cm³/mol. The van der Waals surface area contributed by atoms with Crippen LogP contribution in [0.15, 0.2) is 23.1 Å². The van der Waals surface area contributed by atoms with E-state index < -0.39 is 10.0 Å². The van der Waals surface area contributed by atoms with E-state index in [-0.39, 0.29) is 16.0 Å². The second kappa shape index (κ2) is 6.44. The molecule has 0 radical (unpaired) electrons. The summed E-state index contributed by atoms with van der Waals surface area (Å²) in [5, 5.41) is 0.510. The first-order valence-corrected chi connectivity index (χ1v) is 7.55. The third-order valence-electron chi connectivity index (χ3n) is 2.38. The maximum absolute atomic E-state index is 12.1. The van der Waals surface area contributed by atoms with Gasteiger partial charge in [-0.3, -0.25) is 0 Å². The highest BCUT2D eigenvalue weighted by Gasteiger charge is 2.19. The Balaban J connectivity index is 2.99. The highest BCUT2D eigenvalue weighted by atomic mass is 35.5. The molecule has 1 atom stereocenters. The van der Waals surface area contributed by atoms with E-state index in [2.05, 4.69) is 10.6 Å². The van der Waals surface area contributed by atoms with Gasteiger partial charge < -0.3 is 0 Å². The monoisotopic (exact) mass is 305 g/mol. The van der Waals surface area contributed by atoms with Crippen molar-refractivity contribution in [1.82, 2.24) is 4.72 Å². The molecule has 0 aromatic heterocycles. The Morgan fingerprint density at radius 3 is 2.56 bits per heavy atom. The van der Waals surface area contributed by atoms with E-state index in [0.29, 0.717) is 17.9 Å². The fourth-order valence-corrected chi connectivity index (χ4v) is 3.05. The summed E-state index contributed by atoms with van der Waals surface area (Å²) in [4.78, 5) is 0.0763. The van der Waals surface area contributed by atoms with Crippen LogP contribution in [0.3, 0.4) is 0 Å². The molecule has 0 fully saturated rings. The van der Waals surface area contributed by atoms with Crippen molar-refractivity contribution >= 4 is 33.2 Å². The van der Waals surface area contributed by atoms with E-state index in [4.69, 9.17) is 29.6 Å². The lowest BCUT2D eigenvalue weighted by molar-refractivity contribution is 0.544. The number of hydrogen-bond donors (Lipinski definition) is 1. The van der Waals surface area contributed by atoms with Crippen molar-refractivity contribution in [3.63, 3.8) is 0 Å². The molecular weight excluding hydrogens is 293 g/mol. The Kier molecular flexibility index (Phi) is 5.48. The standard InChI is InChI=1S/C12H13Cl2NO2S/c1-3-5-9(4-2)15-18(16,17)10-6-7-11(13)12(14)8-10/h1,6-9,15H,4-5H2,2H3. The molecule has 0 amide bonds. The number of hydrogen-bond acceptors (Lipinski definition) is 2. The van der Waals surface area contributed by atoms with Crippen molar-refractivity contribution in [1.29, 1.82) is 0 Å². The summed E-state index contributed by atoms with van der Waals surface area (Å²) in [6, 6.07) is 3.88. The summed E-state index contributed by atoms with van der Waals surface area (Å²) in [6.45, 7) is 1.86. The van der Waals surface area contributed by atoms with Gasteiger partial charge in [0, 0.05) is 12.5 Å². The van der Waals surface area contributed by atoms with Crippen molar-refractivity contribution in [3.05, 3.63) is 28.2 Å². The minimum Gasteiger partial charge on any atom is -0.207 e. The first-order valence-electron chi connectivity index (χ1n) is 5.31. The number of rotatable bonds is 5. The lowest BCUT2D eigenvalue weighted by Crippen LogP contribution is -2.34. The smallest absolute Gasteiger partial charge is 0.207 e. The third-order valence-corrected chi connectivity index (χ3v) is 4.64. The largest absolute Gasteiger partial charge is 0.240 e. The SMILES string of the molecule is C#CCC(CC)NS(=O)(=O)c1ccc(Cl)c(Cl)c1. The van der Waals surface area contributed by atoms with Gasteiger partial charge >= 0.3 is 0 Å². The van der Waals surface area contributed by atoms with E-state index in [0.717, 1.165) is 0 Å². The molecule has 0 heterocycles. The topological polar surface area (TPSA) is 46.2 Å². The second-order valence-corrected chi connectivity index (χ2v) is 6.24. The molecule has 1 rings (SSSR count). The number of sulfonamides is 1. The molecule has 1 aromatic rings. The Morgan fingerprint density at radius 2 is 2.06 bits per heavy atom. The lowest BCUT2D eigenvalue weighted by atomic mass is 10.2. The molecule has 0 saturated carbocycles. The van der Waals surface area contributed by atoms with Crippen LogP contribution in [0.5, 0.6) is 0 Å². The summed E-state index contributed by atoms with van der Waals surface area (Å²) >= 11 is 11.5. The lowest BCUT2D eigenvalue weighted by Gasteiger charge is -2.14. The fourth-order valence-electron chi connectivity index (χ4n) is 1.34. The molecule has 0 bridgehead atoms. The number of nitrogens with one attached hydrogen (secondary N) is 1. The number of terminal acetylenes is 1.